The van der Waals surface area contributed by atoms with Gasteiger partial charge in [0.2, 0.25) is 0 Å². The van der Waals surface area contributed by atoms with Crippen molar-refractivity contribution in [2.24, 2.45) is 11.0 Å². The number of nitrogens with zero attached hydrogens (tertiary/aromatic N) is 1. The van der Waals surface area contributed by atoms with Crippen LogP contribution in [0, 0.1) is 5.92 Å². The Balaban J connectivity index is 1.91. The van der Waals surface area contributed by atoms with E-state index >= 15 is 0 Å². The highest BCUT2D eigenvalue weighted by molar-refractivity contribution is 6.07. The van der Waals surface area contributed by atoms with Crippen molar-refractivity contribution >= 4 is 11.4 Å². The Morgan fingerprint density at radius 2 is 1.67 bits per heavy atom. The average Bonchev–Trinajstić information content (AvgIpc) is 3.01. The fourth-order valence-electron chi connectivity index (χ4n) is 5.14. The van der Waals surface area contributed by atoms with E-state index in [2.05, 4.69) is 38.9 Å². The number of rotatable bonds is 12. The van der Waals surface area contributed by atoms with Crippen molar-refractivity contribution in [1.29, 1.82) is 0 Å². The zero-order valence-corrected chi connectivity index (χ0v) is 25.7. The molecule has 0 spiro atoms. The van der Waals surface area contributed by atoms with Gasteiger partial charge in [0.15, 0.2) is 0 Å². The maximum Gasteiger partial charge on any atom is 0.140 e. The van der Waals surface area contributed by atoms with Gasteiger partial charge < -0.3 is 23.7 Å². The fraction of sp³-hybridized carbons (Fsp3) is 0.343. The molecule has 0 fully saturated rings. The van der Waals surface area contributed by atoms with Crippen molar-refractivity contribution < 1.29 is 23.7 Å². The molecular weight excluding hydrogens is 528 g/mol. The molecule has 222 valence electrons. The Morgan fingerprint density at radius 1 is 0.952 bits per heavy atom. The van der Waals surface area contributed by atoms with Crippen LogP contribution >= 0.6 is 0 Å². The second kappa shape index (κ2) is 14.0. The number of hydrazone groups is 1. The number of allylic oxidation sites excluding steroid dienone is 3. The lowest BCUT2D eigenvalue weighted by atomic mass is 9.86. The number of para-hydroxylation sites is 1. The highest BCUT2D eigenvalue weighted by Gasteiger charge is 2.35. The van der Waals surface area contributed by atoms with Gasteiger partial charge in [-0.05, 0) is 63.8 Å². The molecular formula is C35H42N2O5. The molecule has 42 heavy (non-hydrogen) atoms. The molecule has 0 aromatic heterocycles. The van der Waals surface area contributed by atoms with Crippen molar-refractivity contribution in [3.8, 4) is 28.7 Å². The fourth-order valence-corrected chi connectivity index (χ4v) is 5.14. The Kier molecular flexibility index (Phi) is 10.2. The molecule has 0 aliphatic carbocycles. The predicted octanol–water partition coefficient (Wildman–Crippen LogP) is 8.15. The minimum Gasteiger partial charge on any atom is -0.497 e. The Morgan fingerprint density at radius 3 is 2.29 bits per heavy atom. The molecule has 2 atom stereocenters. The van der Waals surface area contributed by atoms with E-state index in [0.717, 1.165) is 40.1 Å². The Hall–Kier alpha value is -4.39. The lowest BCUT2D eigenvalue weighted by Crippen LogP contribution is -2.25. The minimum absolute atomic E-state index is 0.189. The maximum atomic E-state index is 6.90. The highest BCUT2D eigenvalue weighted by Crippen LogP contribution is 2.48. The van der Waals surface area contributed by atoms with Gasteiger partial charge in [0.25, 0.3) is 0 Å². The first-order valence-electron chi connectivity index (χ1n) is 14.1. The largest absolute Gasteiger partial charge is 0.497 e. The second-order valence-corrected chi connectivity index (χ2v) is 10.7. The number of benzene rings is 3. The van der Waals surface area contributed by atoms with Gasteiger partial charge >= 0.3 is 0 Å². The summed E-state index contributed by atoms with van der Waals surface area (Å²) in [6.07, 6.45) is 3.91. The molecule has 0 bridgehead atoms. The molecule has 4 rings (SSSR count). The number of hydrogen-bond acceptors (Lipinski definition) is 7. The van der Waals surface area contributed by atoms with Gasteiger partial charge in [-0.1, -0.05) is 42.0 Å². The van der Waals surface area contributed by atoms with Gasteiger partial charge in [0.05, 0.1) is 45.4 Å². The lowest BCUT2D eigenvalue weighted by Gasteiger charge is -2.32. The van der Waals surface area contributed by atoms with Crippen LogP contribution in [0.2, 0.25) is 0 Å². The van der Waals surface area contributed by atoms with Crippen LogP contribution in [0.3, 0.4) is 0 Å². The van der Waals surface area contributed by atoms with Crippen molar-refractivity contribution in [3.05, 3.63) is 95.1 Å². The summed E-state index contributed by atoms with van der Waals surface area (Å²) < 4.78 is 30.0. The molecule has 1 N–H and O–H groups in total. The molecule has 0 saturated carbocycles. The summed E-state index contributed by atoms with van der Waals surface area (Å²) in [7, 11) is 6.62. The van der Waals surface area contributed by atoms with E-state index < -0.39 is 0 Å². The van der Waals surface area contributed by atoms with Gasteiger partial charge in [-0.3, -0.25) is 5.43 Å². The van der Waals surface area contributed by atoms with E-state index in [1.807, 2.05) is 54.6 Å². The van der Waals surface area contributed by atoms with E-state index in [9.17, 15) is 0 Å². The molecule has 7 nitrogen and oxygen atoms in total. The first-order valence-corrected chi connectivity index (χ1v) is 14.1. The zero-order chi connectivity index (χ0) is 30.2. The Labute approximate surface area is 249 Å². The number of fused-ring (bicyclic) bond motifs is 1. The second-order valence-electron chi connectivity index (χ2n) is 10.7. The first-order chi connectivity index (χ1) is 20.3. The molecule has 0 radical (unpaired) electrons. The van der Waals surface area contributed by atoms with Crippen LogP contribution < -0.4 is 29.1 Å². The van der Waals surface area contributed by atoms with Crippen molar-refractivity contribution in [3.63, 3.8) is 0 Å². The SMILES string of the molecule is C=C(C)C(CC=C(C)C)Cc1c(OC)cc(OC)c2c1OC(c1ccc(OC)cc1OC)C/C2=N/Nc1ccccc1. The molecule has 3 aromatic carbocycles. The van der Waals surface area contributed by atoms with Gasteiger partial charge in [0.1, 0.15) is 34.9 Å². The van der Waals surface area contributed by atoms with Crippen molar-refractivity contribution in [2.75, 3.05) is 33.9 Å². The monoisotopic (exact) mass is 570 g/mol. The molecule has 3 aromatic rings. The number of nitrogens with one attached hydrogen (secondary N) is 1. The number of hydrogen-bond donors (Lipinski definition) is 1. The molecule has 1 heterocycles. The van der Waals surface area contributed by atoms with Crippen LogP contribution in [0.5, 0.6) is 28.7 Å². The third-order valence-electron chi connectivity index (χ3n) is 7.51. The van der Waals surface area contributed by atoms with Crippen LogP contribution in [0.25, 0.3) is 0 Å². The number of ether oxygens (including phenoxy) is 5. The van der Waals surface area contributed by atoms with Gasteiger partial charge in [-0.2, -0.15) is 5.10 Å². The van der Waals surface area contributed by atoms with Crippen LogP contribution in [-0.2, 0) is 6.42 Å². The normalized spacial score (nSPS) is 15.6. The minimum atomic E-state index is -0.383. The van der Waals surface area contributed by atoms with Gasteiger partial charge in [-0.25, -0.2) is 0 Å². The summed E-state index contributed by atoms with van der Waals surface area (Å²) in [5, 5.41) is 4.91. The van der Waals surface area contributed by atoms with Gasteiger partial charge in [0, 0.05) is 29.7 Å². The molecule has 1 aliphatic heterocycles. The Bertz CT molecular complexity index is 1460. The van der Waals surface area contributed by atoms with Crippen molar-refractivity contribution in [1.82, 2.24) is 0 Å². The molecule has 2 unspecified atom stereocenters. The topological polar surface area (TPSA) is 70.5 Å². The molecule has 7 heteroatoms. The van der Waals surface area contributed by atoms with Gasteiger partial charge in [-0.15, -0.1) is 0 Å². The predicted molar refractivity (Wildman–Crippen MR) is 170 cm³/mol. The first kappa shape index (κ1) is 30.6. The molecule has 0 amide bonds. The number of anilines is 1. The lowest BCUT2D eigenvalue weighted by molar-refractivity contribution is 0.196. The highest BCUT2D eigenvalue weighted by atomic mass is 16.5. The smallest absolute Gasteiger partial charge is 0.140 e. The van der Waals surface area contributed by atoms with Crippen LogP contribution in [0.4, 0.5) is 5.69 Å². The zero-order valence-electron chi connectivity index (χ0n) is 25.7. The maximum absolute atomic E-state index is 6.90. The molecule has 1 aliphatic rings. The summed E-state index contributed by atoms with van der Waals surface area (Å²) in [5.74, 6) is 3.60. The quantitative estimate of drug-likeness (QED) is 0.175. The van der Waals surface area contributed by atoms with E-state index in [0.29, 0.717) is 41.6 Å². The summed E-state index contributed by atoms with van der Waals surface area (Å²) in [5.41, 5.74) is 9.95. The third-order valence-corrected chi connectivity index (χ3v) is 7.51. The van der Waals surface area contributed by atoms with E-state index in [1.165, 1.54) is 5.57 Å². The summed E-state index contributed by atoms with van der Waals surface area (Å²) in [6.45, 7) is 10.6. The summed E-state index contributed by atoms with van der Waals surface area (Å²) in [6, 6.07) is 17.6. The van der Waals surface area contributed by atoms with Crippen LogP contribution in [-0.4, -0.2) is 34.2 Å². The van der Waals surface area contributed by atoms with Crippen molar-refractivity contribution in [2.45, 2.75) is 46.1 Å². The van der Waals surface area contributed by atoms with E-state index in [4.69, 9.17) is 28.8 Å². The van der Waals surface area contributed by atoms with Crippen LogP contribution in [0.15, 0.2) is 83.5 Å². The number of methoxy groups -OCH3 is 4. The van der Waals surface area contributed by atoms with Crippen LogP contribution in [0.1, 0.15) is 56.4 Å². The van der Waals surface area contributed by atoms with E-state index in [1.54, 1.807) is 28.4 Å². The average molecular weight is 571 g/mol. The third kappa shape index (κ3) is 6.90. The molecule has 0 saturated heterocycles. The summed E-state index contributed by atoms with van der Waals surface area (Å²) >= 11 is 0. The summed E-state index contributed by atoms with van der Waals surface area (Å²) in [4.78, 5) is 0. The standard InChI is InChI=1S/C35H42N2O5/c1-22(2)14-15-24(23(3)4)18-28-31(40-7)21-33(41-8)34-29(37-36-25-12-10-9-11-13-25)20-32(42-35(28)34)27-17-16-26(38-5)19-30(27)39-6/h9-14,16-17,19,21,24,32,36H,3,15,18,20H2,1-2,4-8H3/b37-29-. The van der Waals surface area contributed by atoms with E-state index in [-0.39, 0.29) is 12.0 Å².